The Morgan fingerprint density at radius 1 is 1.16 bits per heavy atom. The van der Waals surface area contributed by atoms with Crippen LogP contribution in [-0.4, -0.2) is 33.6 Å². The number of benzene rings is 2. The molecule has 0 heterocycles. The number of hydrogen-bond acceptors (Lipinski definition) is 2. The summed E-state index contributed by atoms with van der Waals surface area (Å²) in [4.78, 5) is 15.5. The van der Waals surface area contributed by atoms with Crippen molar-refractivity contribution < 1.29 is 9.69 Å². The summed E-state index contributed by atoms with van der Waals surface area (Å²) < 4.78 is 0. The van der Waals surface area contributed by atoms with Crippen LogP contribution in [0.15, 0.2) is 36.4 Å². The van der Waals surface area contributed by atoms with Crippen molar-refractivity contribution in [1.29, 1.82) is 0 Å². The van der Waals surface area contributed by atoms with E-state index >= 15 is 0 Å². The van der Waals surface area contributed by atoms with Crippen LogP contribution in [0, 0.1) is 13.8 Å². The summed E-state index contributed by atoms with van der Waals surface area (Å²) in [6.07, 6.45) is 0. The minimum Gasteiger partial charge on any atom is -0.378 e. The van der Waals surface area contributed by atoms with Gasteiger partial charge in [0.05, 0.1) is 17.8 Å². The molecule has 0 aliphatic carbocycles. The third-order valence-corrected chi connectivity index (χ3v) is 4.42. The first-order valence-electron chi connectivity index (χ1n) is 8.40. The van der Waals surface area contributed by atoms with E-state index < -0.39 is 0 Å². The van der Waals surface area contributed by atoms with Gasteiger partial charge < -0.3 is 15.1 Å². The maximum Gasteiger partial charge on any atom is 0.279 e. The van der Waals surface area contributed by atoms with Crippen LogP contribution in [0.4, 0.5) is 11.4 Å². The number of quaternary nitrogens is 1. The van der Waals surface area contributed by atoms with Crippen molar-refractivity contribution in [3.63, 3.8) is 0 Å². The third kappa shape index (κ3) is 5.48. The molecule has 1 amide bonds. The fraction of sp³-hybridized carbons (Fsp3) is 0.350. The van der Waals surface area contributed by atoms with E-state index in [1.54, 1.807) is 0 Å². The molecule has 0 radical (unpaired) electrons. The Balaban J connectivity index is 1.94. The lowest BCUT2D eigenvalue weighted by Crippen LogP contribution is -3.08. The Morgan fingerprint density at radius 2 is 1.80 bits per heavy atom. The Kier molecular flexibility index (Phi) is 6.45. The molecule has 0 aliphatic rings. The van der Waals surface area contributed by atoms with Crippen molar-refractivity contribution in [3.8, 4) is 0 Å². The average Bonchev–Trinajstić information content (AvgIpc) is 2.51. The minimum absolute atomic E-state index is 0.0312. The van der Waals surface area contributed by atoms with Crippen LogP contribution in [0.25, 0.3) is 0 Å². The fourth-order valence-corrected chi connectivity index (χ4v) is 3.22. The number of carbonyl (C=O) groups is 1. The molecule has 0 bridgehead atoms. The molecule has 0 spiro atoms. The smallest absolute Gasteiger partial charge is 0.279 e. The first kappa shape index (κ1) is 19.3. The highest BCUT2D eigenvalue weighted by Gasteiger charge is 2.14. The van der Waals surface area contributed by atoms with Crippen LogP contribution in [0.5, 0.6) is 0 Å². The van der Waals surface area contributed by atoms with E-state index in [0.29, 0.717) is 17.3 Å². The van der Waals surface area contributed by atoms with Crippen molar-refractivity contribution in [2.24, 2.45) is 0 Å². The van der Waals surface area contributed by atoms with Crippen molar-refractivity contribution in [2.75, 3.05) is 37.9 Å². The second kappa shape index (κ2) is 8.37. The summed E-state index contributed by atoms with van der Waals surface area (Å²) in [5.41, 5.74) is 5.16. The lowest BCUT2D eigenvalue weighted by molar-refractivity contribution is -0.885. The number of nitrogens with zero attached hydrogens (tertiary/aromatic N) is 1. The van der Waals surface area contributed by atoms with Gasteiger partial charge in [-0.3, -0.25) is 4.79 Å². The zero-order chi connectivity index (χ0) is 18.6. The molecule has 25 heavy (non-hydrogen) atoms. The number of halogens is 1. The van der Waals surface area contributed by atoms with E-state index in [1.807, 2.05) is 47.1 Å². The number of aryl methyl sites for hydroxylation is 2. The fourth-order valence-electron chi connectivity index (χ4n) is 2.85. The van der Waals surface area contributed by atoms with Crippen LogP contribution >= 0.6 is 11.6 Å². The third-order valence-electron chi connectivity index (χ3n) is 4.12. The zero-order valence-corrected chi connectivity index (χ0v) is 16.4. The van der Waals surface area contributed by atoms with Crippen molar-refractivity contribution >= 4 is 28.9 Å². The van der Waals surface area contributed by atoms with Gasteiger partial charge in [-0.15, -0.1) is 0 Å². The number of nitrogens with one attached hydrogen (secondary N) is 2. The molecule has 0 aliphatic heterocycles. The molecule has 134 valence electrons. The highest BCUT2D eigenvalue weighted by atomic mass is 35.5. The molecule has 1 unspecified atom stereocenters. The van der Waals surface area contributed by atoms with Gasteiger partial charge in [-0.25, -0.2) is 0 Å². The number of anilines is 2. The average molecular weight is 361 g/mol. The molecule has 0 aromatic heterocycles. The molecular formula is C20H27ClN3O+. The van der Waals surface area contributed by atoms with E-state index in [9.17, 15) is 4.79 Å². The Morgan fingerprint density at radius 3 is 2.36 bits per heavy atom. The molecule has 1 atom stereocenters. The van der Waals surface area contributed by atoms with Gasteiger partial charge in [0.2, 0.25) is 0 Å². The zero-order valence-electron chi connectivity index (χ0n) is 15.6. The maximum absolute atomic E-state index is 12.3. The van der Waals surface area contributed by atoms with E-state index in [2.05, 4.69) is 34.5 Å². The summed E-state index contributed by atoms with van der Waals surface area (Å²) >= 11 is 6.26. The van der Waals surface area contributed by atoms with Gasteiger partial charge in [0, 0.05) is 25.3 Å². The first-order chi connectivity index (χ1) is 11.8. The predicted molar refractivity (Wildman–Crippen MR) is 106 cm³/mol. The van der Waals surface area contributed by atoms with E-state index in [1.165, 1.54) is 11.3 Å². The highest BCUT2D eigenvalue weighted by molar-refractivity contribution is 6.34. The lowest BCUT2D eigenvalue weighted by atomic mass is 10.1. The van der Waals surface area contributed by atoms with Gasteiger partial charge in [-0.05, 0) is 43.2 Å². The van der Waals surface area contributed by atoms with Crippen LogP contribution in [0.3, 0.4) is 0 Å². The van der Waals surface area contributed by atoms with Crippen molar-refractivity contribution in [2.45, 2.75) is 20.4 Å². The largest absolute Gasteiger partial charge is 0.378 e. The normalized spacial score (nSPS) is 11.9. The number of likely N-dealkylation sites (N-methyl/N-ethyl adjacent to an activating group) is 1. The lowest BCUT2D eigenvalue weighted by Gasteiger charge is -2.17. The van der Waals surface area contributed by atoms with Gasteiger partial charge in [0.25, 0.3) is 5.91 Å². The number of carbonyl (C=O) groups excluding carboxylic acids is 1. The quantitative estimate of drug-likeness (QED) is 0.831. The predicted octanol–water partition coefficient (Wildman–Crippen LogP) is 2.68. The Bertz CT molecular complexity index is 718. The number of rotatable bonds is 6. The molecule has 0 saturated heterocycles. The minimum atomic E-state index is -0.0312. The number of amides is 1. The standard InChI is InChI=1S/C20H26ClN3O/c1-14-10-15(2)20(18(21)11-14)22-19(25)13-24(5)12-16-6-8-17(9-7-16)23(3)4/h6-11H,12-13H2,1-5H3,(H,22,25)/p+1. The SMILES string of the molecule is Cc1cc(C)c(NC(=O)C[NH+](C)Cc2ccc(N(C)C)cc2)c(Cl)c1. The van der Waals surface area contributed by atoms with Gasteiger partial charge >= 0.3 is 0 Å². The van der Waals surface area contributed by atoms with E-state index in [-0.39, 0.29) is 5.91 Å². The van der Waals surface area contributed by atoms with Crippen molar-refractivity contribution in [1.82, 2.24) is 0 Å². The maximum atomic E-state index is 12.3. The summed E-state index contributed by atoms with van der Waals surface area (Å²) in [6, 6.07) is 12.3. The molecule has 0 saturated carbocycles. The molecular weight excluding hydrogens is 334 g/mol. The monoisotopic (exact) mass is 360 g/mol. The highest BCUT2D eigenvalue weighted by Crippen LogP contribution is 2.27. The number of hydrogen-bond donors (Lipinski definition) is 2. The van der Waals surface area contributed by atoms with E-state index in [0.717, 1.165) is 22.6 Å². The van der Waals surface area contributed by atoms with Gasteiger partial charge in [-0.2, -0.15) is 0 Å². The van der Waals surface area contributed by atoms with Gasteiger partial charge in [-0.1, -0.05) is 29.8 Å². The molecule has 4 nitrogen and oxygen atoms in total. The first-order valence-corrected chi connectivity index (χ1v) is 8.78. The molecule has 2 aromatic carbocycles. The second-order valence-corrected chi connectivity index (χ2v) is 7.27. The Hall–Kier alpha value is -2.04. The molecule has 5 heteroatoms. The van der Waals surface area contributed by atoms with Crippen LogP contribution < -0.4 is 15.1 Å². The van der Waals surface area contributed by atoms with Gasteiger partial charge in [0.1, 0.15) is 6.54 Å². The molecule has 2 N–H and O–H groups in total. The van der Waals surface area contributed by atoms with Crippen LogP contribution in [-0.2, 0) is 11.3 Å². The summed E-state index contributed by atoms with van der Waals surface area (Å²) in [5, 5.41) is 3.53. The molecule has 2 rings (SSSR count). The Labute approximate surface area is 155 Å². The van der Waals surface area contributed by atoms with Crippen molar-refractivity contribution in [3.05, 3.63) is 58.1 Å². The van der Waals surface area contributed by atoms with Gasteiger partial charge in [0.15, 0.2) is 6.54 Å². The summed E-state index contributed by atoms with van der Waals surface area (Å²) in [5.74, 6) is -0.0312. The van der Waals surface area contributed by atoms with Crippen LogP contribution in [0.2, 0.25) is 5.02 Å². The second-order valence-electron chi connectivity index (χ2n) is 6.86. The topological polar surface area (TPSA) is 36.8 Å². The van der Waals surface area contributed by atoms with Crippen LogP contribution in [0.1, 0.15) is 16.7 Å². The summed E-state index contributed by atoms with van der Waals surface area (Å²) in [7, 11) is 6.06. The molecule has 2 aromatic rings. The summed E-state index contributed by atoms with van der Waals surface area (Å²) in [6.45, 7) is 5.13. The molecule has 0 fully saturated rings. The van der Waals surface area contributed by atoms with E-state index in [4.69, 9.17) is 11.6 Å².